The van der Waals surface area contributed by atoms with Gasteiger partial charge >= 0.3 is 0 Å². The van der Waals surface area contributed by atoms with Crippen LogP contribution in [0.2, 0.25) is 0 Å². The van der Waals surface area contributed by atoms with Crippen LogP contribution in [0, 0.1) is 0 Å². The molecule has 2 aliphatic heterocycles. The molecule has 2 aliphatic rings. The number of hydrogen-bond donors (Lipinski definition) is 2. The molecular formula is C17H29Cl2N5O. The van der Waals surface area contributed by atoms with Gasteiger partial charge in [-0.1, -0.05) is 6.07 Å². The predicted octanol–water partition coefficient (Wildman–Crippen LogP) is 1.31. The summed E-state index contributed by atoms with van der Waals surface area (Å²) in [5, 5.41) is 6.47. The van der Waals surface area contributed by atoms with Gasteiger partial charge in [-0.25, -0.2) is 4.98 Å². The number of rotatable bonds is 5. The fourth-order valence-corrected chi connectivity index (χ4v) is 3.28. The Bertz CT molecular complexity index is 491. The van der Waals surface area contributed by atoms with E-state index in [2.05, 4.69) is 31.5 Å². The summed E-state index contributed by atoms with van der Waals surface area (Å²) in [4.78, 5) is 21.1. The van der Waals surface area contributed by atoms with Crippen molar-refractivity contribution in [2.45, 2.75) is 25.3 Å². The van der Waals surface area contributed by atoms with Gasteiger partial charge in [0.15, 0.2) is 0 Å². The first-order valence-corrected chi connectivity index (χ1v) is 8.70. The molecule has 0 aliphatic carbocycles. The Labute approximate surface area is 162 Å². The normalized spacial score (nSPS) is 21.0. The van der Waals surface area contributed by atoms with Gasteiger partial charge in [0, 0.05) is 57.9 Å². The summed E-state index contributed by atoms with van der Waals surface area (Å²) >= 11 is 0. The molecule has 3 rings (SSSR count). The molecule has 0 spiro atoms. The van der Waals surface area contributed by atoms with Gasteiger partial charge in [-0.15, -0.1) is 24.8 Å². The van der Waals surface area contributed by atoms with Crippen LogP contribution in [-0.2, 0) is 4.79 Å². The predicted molar refractivity (Wildman–Crippen MR) is 106 cm³/mol. The Morgan fingerprint density at radius 2 is 2.04 bits per heavy atom. The topological polar surface area (TPSA) is 60.5 Å². The maximum absolute atomic E-state index is 12.1. The van der Waals surface area contributed by atoms with E-state index in [0.29, 0.717) is 12.5 Å². The molecule has 2 N–H and O–H groups in total. The fourth-order valence-electron chi connectivity index (χ4n) is 3.28. The molecule has 2 saturated heterocycles. The highest BCUT2D eigenvalue weighted by Gasteiger charge is 2.19. The Hall–Kier alpha value is -1.08. The van der Waals surface area contributed by atoms with Gasteiger partial charge in [0.2, 0.25) is 5.91 Å². The highest BCUT2D eigenvalue weighted by molar-refractivity contribution is 5.85. The smallest absolute Gasteiger partial charge is 0.221 e. The second kappa shape index (κ2) is 11.5. The average Bonchev–Trinajstić information content (AvgIpc) is 2.62. The monoisotopic (exact) mass is 389 g/mol. The molecule has 0 aromatic carbocycles. The molecule has 2 fully saturated rings. The molecule has 142 valence electrons. The zero-order valence-electron chi connectivity index (χ0n) is 14.5. The lowest BCUT2D eigenvalue weighted by atomic mass is 10.1. The number of nitrogens with zero attached hydrogens (tertiary/aromatic N) is 3. The van der Waals surface area contributed by atoms with Crippen LogP contribution in [0.25, 0.3) is 0 Å². The molecule has 0 saturated carbocycles. The van der Waals surface area contributed by atoms with Crippen LogP contribution in [0.1, 0.15) is 19.3 Å². The second-order valence-electron chi connectivity index (χ2n) is 6.38. The van der Waals surface area contributed by atoms with E-state index in [9.17, 15) is 4.79 Å². The number of amides is 1. The number of nitrogens with one attached hydrogen (secondary N) is 2. The Morgan fingerprint density at radius 1 is 1.24 bits per heavy atom. The molecule has 1 unspecified atom stereocenters. The van der Waals surface area contributed by atoms with Crippen molar-refractivity contribution >= 4 is 36.5 Å². The lowest BCUT2D eigenvalue weighted by Crippen LogP contribution is -2.49. The zero-order valence-corrected chi connectivity index (χ0v) is 16.2. The number of pyridine rings is 1. The molecule has 1 atom stereocenters. The van der Waals surface area contributed by atoms with Gasteiger partial charge in [0.1, 0.15) is 5.82 Å². The molecule has 3 heterocycles. The molecule has 0 bridgehead atoms. The molecule has 0 radical (unpaired) electrons. The standard InChI is InChI=1S/C17H27N5O.2ClH/c23-17(20-15-4-3-7-18-14-15)6-9-21-10-12-22(13-11-21)16-5-1-2-8-19-16;;/h1-2,5,8,15,18H,3-4,6-7,9-14H2,(H,20,23);2*1H. The minimum Gasteiger partial charge on any atom is -0.354 e. The van der Waals surface area contributed by atoms with E-state index in [-0.39, 0.29) is 30.7 Å². The summed E-state index contributed by atoms with van der Waals surface area (Å²) in [6, 6.07) is 6.35. The largest absolute Gasteiger partial charge is 0.354 e. The van der Waals surface area contributed by atoms with Crippen LogP contribution < -0.4 is 15.5 Å². The Kier molecular flexibility index (Phi) is 10.1. The van der Waals surface area contributed by atoms with Gasteiger partial charge in [0.05, 0.1) is 0 Å². The minimum atomic E-state index is 0. The molecule has 1 aromatic heterocycles. The lowest BCUT2D eigenvalue weighted by molar-refractivity contribution is -0.122. The maximum Gasteiger partial charge on any atom is 0.221 e. The van der Waals surface area contributed by atoms with Crippen LogP contribution in [0.5, 0.6) is 0 Å². The summed E-state index contributed by atoms with van der Waals surface area (Å²) in [5.74, 6) is 1.24. The highest BCUT2D eigenvalue weighted by atomic mass is 35.5. The first-order chi connectivity index (χ1) is 11.3. The number of piperidine rings is 1. The van der Waals surface area contributed by atoms with Gasteiger partial charge in [0.25, 0.3) is 0 Å². The second-order valence-corrected chi connectivity index (χ2v) is 6.38. The molecule has 6 nitrogen and oxygen atoms in total. The van der Waals surface area contributed by atoms with Crippen LogP contribution in [0.3, 0.4) is 0 Å². The van der Waals surface area contributed by atoms with Gasteiger partial charge in [-0.3, -0.25) is 9.69 Å². The van der Waals surface area contributed by atoms with Crippen LogP contribution in [0.4, 0.5) is 5.82 Å². The van der Waals surface area contributed by atoms with Crippen molar-refractivity contribution < 1.29 is 4.79 Å². The van der Waals surface area contributed by atoms with E-state index in [1.807, 2.05) is 18.3 Å². The van der Waals surface area contributed by atoms with Gasteiger partial charge in [-0.2, -0.15) is 0 Å². The molecule has 1 amide bonds. The summed E-state index contributed by atoms with van der Waals surface area (Å²) in [7, 11) is 0. The summed E-state index contributed by atoms with van der Waals surface area (Å²) in [6.45, 7) is 6.78. The number of piperazine rings is 1. The van der Waals surface area contributed by atoms with Crippen molar-refractivity contribution in [1.82, 2.24) is 20.5 Å². The molecule has 1 aromatic rings. The first-order valence-electron chi connectivity index (χ1n) is 8.70. The van der Waals surface area contributed by atoms with Gasteiger partial charge in [-0.05, 0) is 31.5 Å². The number of aromatic nitrogens is 1. The number of carbonyl (C=O) groups excluding carboxylic acids is 1. The van der Waals surface area contributed by atoms with Crippen molar-refractivity contribution in [3.63, 3.8) is 0 Å². The van der Waals surface area contributed by atoms with Crippen LogP contribution >= 0.6 is 24.8 Å². The molecule has 8 heteroatoms. The highest BCUT2D eigenvalue weighted by Crippen LogP contribution is 2.12. The van der Waals surface area contributed by atoms with Crippen molar-refractivity contribution in [3.05, 3.63) is 24.4 Å². The average molecular weight is 390 g/mol. The van der Waals surface area contributed by atoms with E-state index >= 15 is 0 Å². The van der Waals surface area contributed by atoms with Crippen LogP contribution in [-0.4, -0.2) is 67.6 Å². The summed E-state index contributed by atoms with van der Waals surface area (Å²) in [5.41, 5.74) is 0. The third kappa shape index (κ3) is 6.98. The number of carbonyl (C=O) groups is 1. The Morgan fingerprint density at radius 3 is 2.68 bits per heavy atom. The minimum absolute atomic E-state index is 0. The number of anilines is 1. The zero-order chi connectivity index (χ0) is 15.9. The third-order valence-electron chi connectivity index (χ3n) is 4.66. The number of halogens is 2. The van der Waals surface area contributed by atoms with Gasteiger partial charge < -0.3 is 15.5 Å². The van der Waals surface area contributed by atoms with E-state index in [4.69, 9.17) is 0 Å². The fraction of sp³-hybridized carbons (Fsp3) is 0.647. The van der Waals surface area contributed by atoms with Crippen molar-refractivity contribution in [3.8, 4) is 0 Å². The summed E-state index contributed by atoms with van der Waals surface area (Å²) < 4.78 is 0. The Balaban J connectivity index is 0.00000156. The van der Waals surface area contributed by atoms with Crippen molar-refractivity contribution in [1.29, 1.82) is 0 Å². The lowest BCUT2D eigenvalue weighted by Gasteiger charge is -2.35. The van der Waals surface area contributed by atoms with E-state index in [0.717, 1.165) is 64.5 Å². The van der Waals surface area contributed by atoms with E-state index in [1.165, 1.54) is 0 Å². The molecular weight excluding hydrogens is 361 g/mol. The van der Waals surface area contributed by atoms with E-state index < -0.39 is 0 Å². The first kappa shape index (κ1) is 22.0. The maximum atomic E-state index is 12.1. The van der Waals surface area contributed by atoms with E-state index in [1.54, 1.807) is 0 Å². The summed E-state index contributed by atoms with van der Waals surface area (Å²) in [6.07, 6.45) is 4.69. The van der Waals surface area contributed by atoms with Crippen molar-refractivity contribution in [2.24, 2.45) is 0 Å². The van der Waals surface area contributed by atoms with Crippen molar-refractivity contribution in [2.75, 3.05) is 50.7 Å². The third-order valence-corrected chi connectivity index (χ3v) is 4.66. The molecule has 25 heavy (non-hydrogen) atoms. The SMILES string of the molecule is Cl.Cl.O=C(CCN1CCN(c2ccccn2)CC1)NC1CCCNC1. The number of hydrogen-bond acceptors (Lipinski definition) is 5. The quantitative estimate of drug-likeness (QED) is 0.794. The van der Waals surface area contributed by atoms with Crippen LogP contribution in [0.15, 0.2) is 24.4 Å².